The zero-order valence-electron chi connectivity index (χ0n) is 20.0. The van der Waals surface area contributed by atoms with E-state index in [1.54, 1.807) is 0 Å². The van der Waals surface area contributed by atoms with Crippen LogP contribution in [-0.4, -0.2) is 7.05 Å². The number of halogens is 1. The Labute approximate surface area is 215 Å². The molecule has 2 aromatic carbocycles. The molecule has 2 nitrogen and oxygen atoms in total. The van der Waals surface area contributed by atoms with Crippen molar-refractivity contribution in [3.63, 3.8) is 0 Å². The topological polar surface area (TPSA) is 7.12 Å². The van der Waals surface area contributed by atoms with Crippen molar-refractivity contribution in [2.45, 2.75) is 64.8 Å². The fourth-order valence-electron chi connectivity index (χ4n) is 4.73. The molecule has 0 radical (unpaired) electrons. The highest BCUT2D eigenvalue weighted by Gasteiger charge is 2.25. The number of aryl methyl sites for hydroxylation is 2. The number of hydrogen-bond acceptors (Lipinski definition) is 2. The third-order valence-electron chi connectivity index (χ3n) is 6.62. The molecule has 1 unspecified atom stereocenters. The van der Waals surface area contributed by atoms with Gasteiger partial charge in [0.1, 0.15) is 0 Å². The molecule has 0 bridgehead atoms. The normalized spacial score (nSPS) is 15.2. The van der Waals surface area contributed by atoms with Gasteiger partial charge in [-0.1, -0.05) is 68.8 Å². The van der Waals surface area contributed by atoms with E-state index in [9.17, 15) is 0 Å². The molecule has 170 valence electrons. The summed E-state index contributed by atoms with van der Waals surface area (Å²) in [6, 6.07) is 17.9. The van der Waals surface area contributed by atoms with Gasteiger partial charge in [0, 0.05) is 49.2 Å². The Morgan fingerprint density at radius 3 is 2.44 bits per heavy atom. The van der Waals surface area contributed by atoms with Crippen molar-refractivity contribution in [1.82, 2.24) is 0 Å². The van der Waals surface area contributed by atoms with Crippen LogP contribution in [0.4, 0.5) is 5.69 Å². The fraction of sp³-hybridized carbons (Fsp3) is 0.393. The van der Waals surface area contributed by atoms with Crippen LogP contribution in [-0.2, 0) is 6.54 Å². The summed E-state index contributed by atoms with van der Waals surface area (Å²) in [5.41, 5.74) is 5.33. The number of unbranched alkanes of at least 4 members (excludes halogenated alkanes) is 1. The van der Waals surface area contributed by atoms with E-state index in [0.717, 1.165) is 12.5 Å². The third-order valence-corrected chi connectivity index (χ3v) is 7.77. The number of nitrogens with zero attached hydrogens (tertiary/aromatic N) is 2. The molecule has 1 aliphatic heterocycles. The van der Waals surface area contributed by atoms with Crippen molar-refractivity contribution in [2.75, 3.05) is 11.9 Å². The largest absolute Gasteiger partial charge is 1.00 e. The Bertz CT molecular complexity index is 1100. The maximum Gasteiger partial charge on any atom is 0.179 e. The van der Waals surface area contributed by atoms with Crippen LogP contribution in [0, 0.1) is 19.8 Å². The molecule has 4 heteroatoms. The lowest BCUT2D eigenvalue weighted by Crippen LogP contribution is -3.00. The smallest absolute Gasteiger partial charge is 0.179 e. The van der Waals surface area contributed by atoms with Crippen molar-refractivity contribution in [3.05, 3.63) is 70.5 Å². The average molecular weight is 559 g/mol. The summed E-state index contributed by atoms with van der Waals surface area (Å²) in [6.45, 7) is 10.3. The van der Waals surface area contributed by atoms with Gasteiger partial charge < -0.3 is 28.9 Å². The van der Waals surface area contributed by atoms with E-state index in [1.807, 2.05) is 11.8 Å². The predicted molar refractivity (Wildman–Crippen MR) is 136 cm³/mol. The van der Waals surface area contributed by atoms with Gasteiger partial charge in [-0.25, -0.2) is 0 Å². The molecule has 0 saturated carbocycles. The summed E-state index contributed by atoms with van der Waals surface area (Å²) < 4.78 is 2.51. The van der Waals surface area contributed by atoms with Crippen molar-refractivity contribution < 1.29 is 28.5 Å². The monoisotopic (exact) mass is 558 g/mol. The van der Waals surface area contributed by atoms with E-state index in [-0.39, 0.29) is 24.0 Å². The number of fused-ring (bicyclic) bond motifs is 3. The number of pyridine rings is 1. The van der Waals surface area contributed by atoms with E-state index in [0.29, 0.717) is 0 Å². The van der Waals surface area contributed by atoms with Crippen molar-refractivity contribution in [1.29, 1.82) is 0 Å². The molecule has 4 rings (SSSR count). The van der Waals surface area contributed by atoms with Crippen LogP contribution in [0.3, 0.4) is 0 Å². The van der Waals surface area contributed by atoms with E-state index in [2.05, 4.69) is 98.8 Å². The number of rotatable bonds is 7. The standard InChI is InChI=1S/C28H35N2S.HI/c1-6-8-11-22(7-2)19-30-20(3)16-23(17-21(30)4)18-27-29(5)28-25-13-10-9-12-24(25)14-15-26(28)31-27;/h9-10,12-18,22H,6-8,11,19H2,1-5H3;1H/q+1;/p-1. The number of benzene rings is 2. The molecule has 0 amide bonds. The summed E-state index contributed by atoms with van der Waals surface area (Å²) in [7, 11) is 2.19. The highest BCUT2D eigenvalue weighted by atomic mass is 127. The molecule has 0 fully saturated rings. The van der Waals surface area contributed by atoms with Gasteiger partial charge in [-0.3, -0.25) is 0 Å². The first-order chi connectivity index (χ1) is 15.0. The second-order valence-electron chi connectivity index (χ2n) is 8.88. The minimum absolute atomic E-state index is 0. The Balaban J connectivity index is 0.00000289. The summed E-state index contributed by atoms with van der Waals surface area (Å²) in [5, 5.41) is 3.92. The molecular formula is C28H35IN2S. The first kappa shape index (κ1) is 25.1. The SMILES string of the molecule is CCCCC(CC)C[n+]1c(C)cc(/C=C2\Sc3ccc4ccccc4c3N2C)cc1C.[I-]. The fourth-order valence-corrected chi connectivity index (χ4v) is 5.86. The molecule has 0 aliphatic carbocycles. The van der Waals surface area contributed by atoms with Crippen LogP contribution in [0.1, 0.15) is 56.5 Å². The first-order valence-electron chi connectivity index (χ1n) is 11.7. The van der Waals surface area contributed by atoms with Crippen LogP contribution in [0.15, 0.2) is 58.5 Å². The molecular weight excluding hydrogens is 523 g/mol. The number of aromatic nitrogens is 1. The van der Waals surface area contributed by atoms with Crippen molar-refractivity contribution in [2.24, 2.45) is 5.92 Å². The first-order valence-corrected chi connectivity index (χ1v) is 12.5. The lowest BCUT2D eigenvalue weighted by Gasteiger charge is -2.16. The van der Waals surface area contributed by atoms with Crippen LogP contribution < -0.4 is 33.4 Å². The summed E-state index contributed by atoms with van der Waals surface area (Å²) in [5.74, 6) is 0.769. The Hall–Kier alpha value is -1.53. The lowest BCUT2D eigenvalue weighted by atomic mass is 9.98. The third kappa shape index (κ3) is 5.17. The van der Waals surface area contributed by atoms with E-state index in [1.165, 1.54) is 69.0 Å². The van der Waals surface area contributed by atoms with Gasteiger partial charge in [-0.05, 0) is 35.9 Å². The van der Waals surface area contributed by atoms with Gasteiger partial charge >= 0.3 is 0 Å². The highest BCUT2D eigenvalue weighted by Crippen LogP contribution is 2.49. The number of hydrogen-bond donors (Lipinski definition) is 0. The van der Waals surface area contributed by atoms with E-state index >= 15 is 0 Å². The maximum atomic E-state index is 2.51. The molecule has 0 spiro atoms. The summed E-state index contributed by atoms with van der Waals surface area (Å²) in [4.78, 5) is 3.69. The zero-order chi connectivity index (χ0) is 22.0. The highest BCUT2D eigenvalue weighted by molar-refractivity contribution is 8.04. The quantitative estimate of drug-likeness (QED) is 0.312. The minimum Gasteiger partial charge on any atom is -1.00 e. The molecule has 2 heterocycles. The van der Waals surface area contributed by atoms with E-state index < -0.39 is 0 Å². The summed E-state index contributed by atoms with van der Waals surface area (Å²) in [6.07, 6.45) is 7.55. The molecule has 1 aliphatic rings. The molecule has 0 N–H and O–H groups in total. The number of anilines is 1. The molecule has 3 aromatic rings. The molecule has 32 heavy (non-hydrogen) atoms. The van der Waals surface area contributed by atoms with Gasteiger partial charge in [0.2, 0.25) is 0 Å². The zero-order valence-corrected chi connectivity index (χ0v) is 23.0. The predicted octanol–water partition coefficient (Wildman–Crippen LogP) is 4.51. The molecule has 0 saturated heterocycles. The maximum absolute atomic E-state index is 2.51. The lowest BCUT2D eigenvalue weighted by molar-refractivity contribution is -0.714. The van der Waals surface area contributed by atoms with Gasteiger partial charge in [0.05, 0.1) is 10.7 Å². The second-order valence-corrected chi connectivity index (χ2v) is 9.94. The number of thioether (sulfide) groups is 1. The van der Waals surface area contributed by atoms with Gasteiger partial charge in [0.25, 0.3) is 0 Å². The van der Waals surface area contributed by atoms with Crippen molar-refractivity contribution in [3.8, 4) is 0 Å². The van der Waals surface area contributed by atoms with Gasteiger partial charge in [0.15, 0.2) is 17.9 Å². The summed E-state index contributed by atoms with van der Waals surface area (Å²) >= 11 is 1.87. The minimum atomic E-state index is 0. The average Bonchev–Trinajstić information content (AvgIpc) is 3.08. The van der Waals surface area contributed by atoms with Crippen LogP contribution in [0.5, 0.6) is 0 Å². The molecule has 1 aromatic heterocycles. The van der Waals surface area contributed by atoms with E-state index in [4.69, 9.17) is 0 Å². The van der Waals surface area contributed by atoms with Crippen LogP contribution >= 0.6 is 11.8 Å². The Morgan fingerprint density at radius 1 is 1.03 bits per heavy atom. The Morgan fingerprint density at radius 2 is 1.75 bits per heavy atom. The van der Waals surface area contributed by atoms with Crippen molar-refractivity contribution >= 4 is 34.3 Å². The van der Waals surface area contributed by atoms with Crippen LogP contribution in [0.25, 0.3) is 16.8 Å². The molecule has 1 atom stereocenters. The Kier molecular flexibility index (Phi) is 8.68. The second kappa shape index (κ2) is 11.1. The van der Waals surface area contributed by atoms with Crippen LogP contribution in [0.2, 0.25) is 0 Å². The van der Waals surface area contributed by atoms with Gasteiger partial charge in [-0.2, -0.15) is 4.57 Å². The van der Waals surface area contributed by atoms with Gasteiger partial charge in [-0.15, -0.1) is 0 Å².